The molecule has 1 aromatic carbocycles. The number of carbonyl (C=O) groups excluding carboxylic acids is 2. The molecule has 0 radical (unpaired) electrons. The van der Waals surface area contributed by atoms with Crippen molar-refractivity contribution in [1.82, 2.24) is 9.80 Å². The number of nitrogens with zero attached hydrogens (tertiary/aromatic N) is 2. The van der Waals surface area contributed by atoms with Gasteiger partial charge in [-0.1, -0.05) is 25.1 Å². The van der Waals surface area contributed by atoms with Crippen molar-refractivity contribution in [3.05, 3.63) is 40.6 Å². The molecule has 5 heteroatoms. The lowest BCUT2D eigenvalue weighted by Crippen LogP contribution is -2.39. The fourth-order valence-corrected chi connectivity index (χ4v) is 3.82. The average molecular weight is 370 g/mol. The van der Waals surface area contributed by atoms with Crippen LogP contribution in [-0.2, 0) is 14.3 Å². The van der Waals surface area contributed by atoms with Crippen LogP contribution in [0.5, 0.6) is 0 Å². The van der Waals surface area contributed by atoms with E-state index in [1.807, 2.05) is 25.1 Å². The largest absolute Gasteiger partial charge is 0.385 e. The third kappa shape index (κ3) is 3.93. The number of carbonyl (C=O) groups is 2. The molecular weight excluding hydrogens is 340 g/mol. The smallest absolute Gasteiger partial charge is 0.277 e. The Labute approximate surface area is 162 Å². The lowest BCUT2D eigenvalue weighted by Gasteiger charge is -2.32. The normalized spacial score (nSPS) is 18.8. The fourth-order valence-electron chi connectivity index (χ4n) is 3.82. The summed E-state index contributed by atoms with van der Waals surface area (Å²) in [5.74, 6) is 0.337. The molecule has 0 N–H and O–H groups in total. The molecule has 1 fully saturated rings. The number of methoxy groups -OCH3 is 1. The van der Waals surface area contributed by atoms with Gasteiger partial charge in [0.2, 0.25) is 0 Å². The van der Waals surface area contributed by atoms with Crippen molar-refractivity contribution < 1.29 is 14.3 Å². The Bertz CT molecular complexity index is 761. The minimum atomic E-state index is -0.173. The van der Waals surface area contributed by atoms with Crippen LogP contribution in [-0.4, -0.2) is 55.0 Å². The summed E-state index contributed by atoms with van der Waals surface area (Å²) in [6.45, 7) is 8.93. The maximum Gasteiger partial charge on any atom is 0.277 e. The van der Waals surface area contributed by atoms with E-state index >= 15 is 0 Å². The van der Waals surface area contributed by atoms with Crippen LogP contribution in [0.3, 0.4) is 0 Å². The number of imide groups is 1. The van der Waals surface area contributed by atoms with Crippen molar-refractivity contribution in [2.75, 3.05) is 33.4 Å². The highest BCUT2D eigenvalue weighted by molar-refractivity contribution is 6.35. The predicted octanol–water partition coefficient (Wildman–Crippen LogP) is 3.15. The second kappa shape index (κ2) is 8.26. The van der Waals surface area contributed by atoms with E-state index in [0.717, 1.165) is 37.1 Å². The first-order valence-electron chi connectivity index (χ1n) is 9.86. The summed E-state index contributed by atoms with van der Waals surface area (Å²) < 4.78 is 5.09. The van der Waals surface area contributed by atoms with Gasteiger partial charge in [0.1, 0.15) is 5.70 Å². The van der Waals surface area contributed by atoms with Crippen molar-refractivity contribution in [1.29, 1.82) is 0 Å². The van der Waals surface area contributed by atoms with Crippen LogP contribution in [0.2, 0.25) is 0 Å². The molecule has 0 unspecified atom stereocenters. The number of aryl methyl sites for hydroxylation is 2. The summed E-state index contributed by atoms with van der Waals surface area (Å²) in [5.41, 5.74) is 4.31. The zero-order valence-corrected chi connectivity index (χ0v) is 16.9. The van der Waals surface area contributed by atoms with Crippen LogP contribution in [0.4, 0.5) is 0 Å². The Balaban J connectivity index is 1.99. The topological polar surface area (TPSA) is 49.9 Å². The summed E-state index contributed by atoms with van der Waals surface area (Å²) >= 11 is 0. The van der Waals surface area contributed by atoms with Crippen LogP contribution in [0, 0.1) is 19.8 Å². The summed E-state index contributed by atoms with van der Waals surface area (Å²) in [6, 6.07) is 6.02. The quantitative estimate of drug-likeness (QED) is 0.570. The summed E-state index contributed by atoms with van der Waals surface area (Å²) in [7, 11) is 1.63. The molecule has 0 aliphatic carbocycles. The lowest BCUT2D eigenvalue weighted by atomic mass is 9.96. The minimum absolute atomic E-state index is 0.154. The molecule has 0 bridgehead atoms. The zero-order chi connectivity index (χ0) is 19.6. The molecule has 0 saturated carbocycles. The molecule has 5 nitrogen and oxygen atoms in total. The number of benzene rings is 1. The maximum atomic E-state index is 13.2. The molecule has 2 aliphatic rings. The number of amides is 2. The molecule has 0 aromatic heterocycles. The fraction of sp³-hybridized carbons (Fsp3) is 0.545. The van der Waals surface area contributed by atoms with Crippen LogP contribution < -0.4 is 0 Å². The van der Waals surface area contributed by atoms with Crippen molar-refractivity contribution in [3.63, 3.8) is 0 Å². The third-order valence-electron chi connectivity index (χ3n) is 5.77. The molecule has 27 heavy (non-hydrogen) atoms. The van der Waals surface area contributed by atoms with Crippen molar-refractivity contribution in [2.24, 2.45) is 5.92 Å². The van der Waals surface area contributed by atoms with E-state index in [1.54, 1.807) is 7.11 Å². The van der Waals surface area contributed by atoms with Crippen molar-refractivity contribution in [2.45, 2.75) is 40.0 Å². The second-order valence-electron chi connectivity index (χ2n) is 7.80. The predicted molar refractivity (Wildman–Crippen MR) is 106 cm³/mol. The van der Waals surface area contributed by atoms with Gasteiger partial charge in [-0.2, -0.15) is 0 Å². The van der Waals surface area contributed by atoms with E-state index in [-0.39, 0.29) is 11.8 Å². The first kappa shape index (κ1) is 19.6. The van der Waals surface area contributed by atoms with E-state index in [0.29, 0.717) is 36.8 Å². The SMILES string of the molecule is COCCCN1C(=O)C(c2ccc(C)c(C)c2)=C(N2CCC(C)CC2)C1=O. The molecule has 2 heterocycles. The second-order valence-corrected chi connectivity index (χ2v) is 7.80. The van der Waals surface area contributed by atoms with Crippen LogP contribution in [0.1, 0.15) is 42.9 Å². The molecule has 3 rings (SSSR count). The average Bonchev–Trinajstić information content (AvgIpc) is 2.89. The third-order valence-corrected chi connectivity index (χ3v) is 5.77. The van der Waals surface area contributed by atoms with Gasteiger partial charge in [-0.3, -0.25) is 14.5 Å². The van der Waals surface area contributed by atoms with E-state index in [1.165, 1.54) is 10.5 Å². The highest BCUT2D eigenvalue weighted by Gasteiger charge is 2.41. The Morgan fingerprint density at radius 1 is 1.07 bits per heavy atom. The van der Waals surface area contributed by atoms with Gasteiger partial charge in [0.15, 0.2) is 0 Å². The van der Waals surface area contributed by atoms with Gasteiger partial charge in [0.05, 0.1) is 5.57 Å². The van der Waals surface area contributed by atoms with Crippen LogP contribution in [0.25, 0.3) is 5.57 Å². The maximum absolute atomic E-state index is 13.2. The van der Waals surface area contributed by atoms with Crippen LogP contribution >= 0.6 is 0 Å². The van der Waals surface area contributed by atoms with E-state index in [2.05, 4.69) is 18.7 Å². The number of hydrogen-bond donors (Lipinski definition) is 0. The number of piperidine rings is 1. The molecule has 0 atom stereocenters. The Kier molecular flexibility index (Phi) is 6.00. The molecule has 2 aliphatic heterocycles. The van der Waals surface area contributed by atoms with Gasteiger partial charge < -0.3 is 9.64 Å². The van der Waals surface area contributed by atoms with E-state index in [9.17, 15) is 9.59 Å². The van der Waals surface area contributed by atoms with E-state index < -0.39 is 0 Å². The van der Waals surface area contributed by atoms with Crippen molar-refractivity contribution in [3.8, 4) is 0 Å². The molecule has 0 spiro atoms. The first-order valence-corrected chi connectivity index (χ1v) is 9.86. The lowest BCUT2D eigenvalue weighted by molar-refractivity contribution is -0.137. The summed E-state index contributed by atoms with van der Waals surface area (Å²) in [6.07, 6.45) is 2.75. The molecular formula is C22H30N2O3. The Morgan fingerprint density at radius 2 is 1.78 bits per heavy atom. The van der Waals surface area contributed by atoms with Gasteiger partial charge >= 0.3 is 0 Å². The van der Waals surface area contributed by atoms with Gasteiger partial charge in [0.25, 0.3) is 11.8 Å². The number of likely N-dealkylation sites (tertiary alicyclic amines) is 1. The van der Waals surface area contributed by atoms with E-state index in [4.69, 9.17) is 4.74 Å². The molecule has 1 saturated heterocycles. The first-order chi connectivity index (χ1) is 12.9. The Morgan fingerprint density at radius 3 is 2.41 bits per heavy atom. The van der Waals surface area contributed by atoms with Gasteiger partial charge in [0, 0.05) is 33.4 Å². The highest BCUT2D eigenvalue weighted by Crippen LogP contribution is 2.34. The number of ether oxygens (including phenoxy) is 1. The summed E-state index contributed by atoms with van der Waals surface area (Å²) in [5, 5.41) is 0. The van der Waals surface area contributed by atoms with Gasteiger partial charge in [-0.05, 0) is 55.7 Å². The highest BCUT2D eigenvalue weighted by atomic mass is 16.5. The monoisotopic (exact) mass is 370 g/mol. The number of hydrogen-bond acceptors (Lipinski definition) is 4. The Hall–Kier alpha value is -2.14. The molecule has 2 amide bonds. The van der Waals surface area contributed by atoms with Gasteiger partial charge in [-0.15, -0.1) is 0 Å². The zero-order valence-electron chi connectivity index (χ0n) is 16.9. The van der Waals surface area contributed by atoms with Crippen molar-refractivity contribution >= 4 is 17.4 Å². The minimum Gasteiger partial charge on any atom is -0.385 e. The molecule has 1 aromatic rings. The van der Waals surface area contributed by atoms with Crippen LogP contribution in [0.15, 0.2) is 23.9 Å². The van der Waals surface area contributed by atoms with Gasteiger partial charge in [-0.25, -0.2) is 0 Å². The number of rotatable bonds is 6. The summed E-state index contributed by atoms with van der Waals surface area (Å²) in [4.78, 5) is 29.9. The molecule has 146 valence electrons. The standard InChI is InChI=1S/C22H30N2O3/c1-15-8-11-23(12-9-15)20-19(18-7-6-16(2)17(3)14-18)21(25)24(22(20)26)10-5-13-27-4/h6-7,14-15H,5,8-13H2,1-4H3.